The van der Waals surface area contributed by atoms with Gasteiger partial charge >= 0.3 is 0 Å². The van der Waals surface area contributed by atoms with E-state index in [4.69, 9.17) is 0 Å². The van der Waals surface area contributed by atoms with E-state index in [1.165, 1.54) is 5.69 Å². The summed E-state index contributed by atoms with van der Waals surface area (Å²) in [6.45, 7) is 4.95. The normalized spacial score (nSPS) is 11.9. The first-order chi connectivity index (χ1) is 7.88. The topological polar surface area (TPSA) is 3.24 Å². The summed E-state index contributed by atoms with van der Waals surface area (Å²) in [4.78, 5) is 2.21. The van der Waals surface area contributed by atoms with Crippen molar-refractivity contribution in [3.8, 4) is 0 Å². The van der Waals surface area contributed by atoms with E-state index in [1.807, 2.05) is 32.1 Å². The summed E-state index contributed by atoms with van der Waals surface area (Å²) in [6, 6.07) is 10.4. The van der Waals surface area contributed by atoms with Crippen molar-refractivity contribution in [2.45, 2.75) is 13.8 Å². The molecule has 0 bridgehead atoms. The molecule has 0 radical (unpaired) electrons. The summed E-state index contributed by atoms with van der Waals surface area (Å²) in [6.07, 6.45) is 12.4. The molecule has 0 aliphatic rings. The number of nitrogens with zero attached hydrogens (tertiary/aromatic N) is 1. The highest BCUT2D eigenvalue weighted by Gasteiger charge is 1.98. The lowest BCUT2D eigenvalue weighted by Crippen LogP contribution is -2.15. The smallest absolute Gasteiger partial charge is 0.0409 e. The molecular formula is C15H19N. The van der Waals surface area contributed by atoms with Crippen LogP contribution in [-0.2, 0) is 0 Å². The van der Waals surface area contributed by atoms with Gasteiger partial charge in [-0.25, -0.2) is 0 Å². The minimum atomic E-state index is 0.897. The van der Waals surface area contributed by atoms with Crippen LogP contribution in [-0.4, -0.2) is 6.54 Å². The van der Waals surface area contributed by atoms with E-state index in [0.717, 1.165) is 6.54 Å². The van der Waals surface area contributed by atoms with Crippen LogP contribution in [0.4, 0.5) is 5.69 Å². The maximum absolute atomic E-state index is 2.21. The zero-order chi connectivity index (χ0) is 11.6. The second-order valence-corrected chi connectivity index (χ2v) is 3.42. The molecule has 0 amide bonds. The summed E-state index contributed by atoms with van der Waals surface area (Å²) in [5.74, 6) is 0. The van der Waals surface area contributed by atoms with E-state index in [0.29, 0.717) is 0 Å². The van der Waals surface area contributed by atoms with Crippen LogP contribution in [0.3, 0.4) is 0 Å². The van der Waals surface area contributed by atoms with Crippen LogP contribution < -0.4 is 4.90 Å². The fourth-order valence-corrected chi connectivity index (χ4v) is 1.36. The number of hydrogen-bond donors (Lipinski definition) is 0. The van der Waals surface area contributed by atoms with Gasteiger partial charge in [-0.15, -0.1) is 0 Å². The average molecular weight is 213 g/mol. The van der Waals surface area contributed by atoms with Crippen LogP contribution in [0.1, 0.15) is 13.8 Å². The van der Waals surface area contributed by atoms with Crippen LogP contribution in [0.25, 0.3) is 0 Å². The summed E-state index contributed by atoms with van der Waals surface area (Å²) in [7, 11) is 0. The predicted molar refractivity (Wildman–Crippen MR) is 72.6 cm³/mol. The molecule has 0 saturated heterocycles. The molecule has 0 saturated carbocycles. The van der Waals surface area contributed by atoms with Crippen LogP contribution in [0, 0.1) is 0 Å². The van der Waals surface area contributed by atoms with Gasteiger partial charge in [0, 0.05) is 18.4 Å². The Kier molecular flexibility index (Phi) is 5.79. The fourth-order valence-electron chi connectivity index (χ4n) is 1.36. The second kappa shape index (κ2) is 7.52. The molecule has 1 rings (SSSR count). The minimum Gasteiger partial charge on any atom is -0.344 e. The molecule has 16 heavy (non-hydrogen) atoms. The summed E-state index contributed by atoms with van der Waals surface area (Å²) in [5, 5.41) is 0. The van der Waals surface area contributed by atoms with E-state index in [-0.39, 0.29) is 0 Å². The Bertz CT molecular complexity index is 360. The van der Waals surface area contributed by atoms with Gasteiger partial charge in [0.1, 0.15) is 0 Å². The lowest BCUT2D eigenvalue weighted by molar-refractivity contribution is 1.09. The third kappa shape index (κ3) is 4.18. The van der Waals surface area contributed by atoms with Crippen LogP contribution >= 0.6 is 0 Å². The molecule has 0 aliphatic carbocycles. The fraction of sp³-hybridized carbons (Fsp3) is 0.200. The van der Waals surface area contributed by atoms with Gasteiger partial charge in [-0.05, 0) is 32.1 Å². The minimum absolute atomic E-state index is 0.897. The first-order valence-electron chi connectivity index (χ1n) is 5.60. The van der Waals surface area contributed by atoms with Crippen molar-refractivity contribution >= 4 is 5.69 Å². The molecule has 1 aromatic carbocycles. The lowest BCUT2D eigenvalue weighted by Gasteiger charge is -2.18. The third-order valence-corrected chi connectivity index (χ3v) is 2.20. The van der Waals surface area contributed by atoms with E-state index in [1.54, 1.807) is 0 Å². The number of hydrogen-bond acceptors (Lipinski definition) is 1. The van der Waals surface area contributed by atoms with Crippen LogP contribution in [0.15, 0.2) is 66.9 Å². The van der Waals surface area contributed by atoms with Crippen molar-refractivity contribution in [1.82, 2.24) is 0 Å². The van der Waals surface area contributed by atoms with Gasteiger partial charge in [0.25, 0.3) is 0 Å². The summed E-state index contributed by atoms with van der Waals surface area (Å²) >= 11 is 0. The van der Waals surface area contributed by atoms with Gasteiger partial charge in [-0.1, -0.05) is 42.5 Å². The molecule has 1 heteroatoms. The highest BCUT2D eigenvalue weighted by atomic mass is 15.1. The number of benzene rings is 1. The number of allylic oxidation sites excluding steroid dienone is 4. The van der Waals surface area contributed by atoms with Crippen molar-refractivity contribution in [3.05, 3.63) is 66.9 Å². The zero-order valence-corrected chi connectivity index (χ0v) is 10.0. The molecular weight excluding hydrogens is 194 g/mol. The van der Waals surface area contributed by atoms with Gasteiger partial charge in [0.2, 0.25) is 0 Å². The molecule has 0 heterocycles. The Morgan fingerprint density at radius 1 is 1.00 bits per heavy atom. The molecule has 1 nitrogen and oxygen atoms in total. The molecule has 0 aliphatic heterocycles. The summed E-state index contributed by atoms with van der Waals surface area (Å²) < 4.78 is 0. The van der Waals surface area contributed by atoms with Crippen molar-refractivity contribution in [3.63, 3.8) is 0 Å². The first kappa shape index (κ1) is 12.3. The Morgan fingerprint density at radius 3 is 2.38 bits per heavy atom. The van der Waals surface area contributed by atoms with Crippen molar-refractivity contribution < 1.29 is 0 Å². The Balaban J connectivity index is 2.78. The van der Waals surface area contributed by atoms with Crippen molar-refractivity contribution in [1.29, 1.82) is 0 Å². The van der Waals surface area contributed by atoms with Crippen molar-refractivity contribution in [2.24, 2.45) is 0 Å². The molecule has 84 valence electrons. The monoisotopic (exact) mass is 213 g/mol. The molecule has 0 fully saturated rings. The van der Waals surface area contributed by atoms with Gasteiger partial charge in [-0.3, -0.25) is 0 Å². The SMILES string of the molecule is C/C=C/C=C\N(C/C=C/C)c1ccccc1. The Labute approximate surface area is 98.4 Å². The van der Waals surface area contributed by atoms with Crippen LogP contribution in [0.5, 0.6) is 0 Å². The van der Waals surface area contributed by atoms with Gasteiger partial charge < -0.3 is 4.90 Å². The predicted octanol–water partition coefficient (Wildman–Crippen LogP) is 4.16. The highest BCUT2D eigenvalue weighted by molar-refractivity contribution is 5.49. The standard InChI is InChI=1S/C15H19N/c1-3-5-10-14-16(13-6-4-2)15-11-8-7-9-12-15/h3-12,14H,13H2,1-2H3/b5-3+,6-4+,14-10-. The van der Waals surface area contributed by atoms with Gasteiger partial charge in [0.05, 0.1) is 0 Å². The maximum Gasteiger partial charge on any atom is 0.0409 e. The van der Waals surface area contributed by atoms with E-state index in [2.05, 4.69) is 53.6 Å². The average Bonchev–Trinajstić information content (AvgIpc) is 2.35. The number of para-hydroxylation sites is 1. The zero-order valence-electron chi connectivity index (χ0n) is 10.0. The Morgan fingerprint density at radius 2 is 1.75 bits per heavy atom. The first-order valence-corrected chi connectivity index (χ1v) is 5.60. The van der Waals surface area contributed by atoms with E-state index in [9.17, 15) is 0 Å². The molecule has 0 atom stereocenters. The molecule has 1 aromatic rings. The lowest BCUT2D eigenvalue weighted by atomic mass is 10.3. The molecule has 0 N–H and O–H groups in total. The van der Waals surface area contributed by atoms with Crippen LogP contribution in [0.2, 0.25) is 0 Å². The van der Waals surface area contributed by atoms with Gasteiger partial charge in [-0.2, -0.15) is 0 Å². The molecule has 0 aromatic heterocycles. The summed E-state index contributed by atoms with van der Waals surface area (Å²) in [5.41, 5.74) is 1.21. The Hall–Kier alpha value is -1.76. The van der Waals surface area contributed by atoms with Gasteiger partial charge in [0.15, 0.2) is 0 Å². The highest BCUT2D eigenvalue weighted by Crippen LogP contribution is 2.13. The largest absolute Gasteiger partial charge is 0.344 e. The maximum atomic E-state index is 2.21. The number of anilines is 1. The van der Waals surface area contributed by atoms with Crippen molar-refractivity contribution in [2.75, 3.05) is 11.4 Å². The molecule has 0 unspecified atom stereocenters. The van der Waals surface area contributed by atoms with E-state index < -0.39 is 0 Å². The second-order valence-electron chi connectivity index (χ2n) is 3.42. The third-order valence-electron chi connectivity index (χ3n) is 2.20. The number of rotatable bonds is 5. The quantitative estimate of drug-likeness (QED) is 0.524. The molecule has 0 spiro atoms. The van der Waals surface area contributed by atoms with E-state index >= 15 is 0 Å².